The summed E-state index contributed by atoms with van der Waals surface area (Å²) in [4.78, 5) is 18.6. The first-order valence-corrected chi connectivity index (χ1v) is 25.8. The molecule has 0 saturated heterocycles. The van der Waals surface area contributed by atoms with Crippen LogP contribution in [-0.4, -0.2) is 140 Å². The summed E-state index contributed by atoms with van der Waals surface area (Å²) in [7, 11) is 3.31. The standard InChI is InChI=1S/C62H66N4O10/c1-67-29-31-69-33-35-71-37-39-73-41-43-75-49-17-13-47(14-18-49)61-55-25-21-51(63-55)59(45-9-5-3-6-10-45)53-23-27-57(65-53)62(48-15-19-50(20-16-48)76-44-42-74-40-38-72-36-34-70-32-30-68-2)58-28-24-54(66-58)60(46-11-7-4-8-12-46)52-22-26-56(61)64-52/h3-28,63,66H,29-44H2,1-2H3. The van der Waals surface area contributed by atoms with Gasteiger partial charge in [0.25, 0.3) is 0 Å². The number of hydrogen-bond donors (Lipinski definition) is 2. The van der Waals surface area contributed by atoms with E-state index in [1.165, 1.54) is 0 Å². The highest BCUT2D eigenvalue weighted by molar-refractivity contribution is 5.99. The predicted molar refractivity (Wildman–Crippen MR) is 300 cm³/mol. The van der Waals surface area contributed by atoms with Gasteiger partial charge in [-0.25, -0.2) is 9.97 Å². The summed E-state index contributed by atoms with van der Waals surface area (Å²) >= 11 is 0. The molecule has 0 amide bonds. The fourth-order valence-corrected chi connectivity index (χ4v) is 8.87. The molecule has 7 aromatic rings. The summed E-state index contributed by atoms with van der Waals surface area (Å²) in [6.07, 6.45) is 8.43. The number of nitrogens with one attached hydrogen (secondary N) is 2. The van der Waals surface area contributed by atoms with Gasteiger partial charge >= 0.3 is 0 Å². The molecule has 76 heavy (non-hydrogen) atoms. The van der Waals surface area contributed by atoms with Crippen LogP contribution in [0.4, 0.5) is 0 Å². The zero-order valence-electron chi connectivity index (χ0n) is 43.3. The maximum atomic E-state index is 6.12. The van der Waals surface area contributed by atoms with E-state index < -0.39 is 0 Å². The third-order valence-electron chi connectivity index (χ3n) is 12.5. The van der Waals surface area contributed by atoms with E-state index in [9.17, 15) is 0 Å². The fraction of sp³-hybridized carbons (Fsp3) is 0.290. The van der Waals surface area contributed by atoms with Gasteiger partial charge in [0.1, 0.15) is 24.7 Å². The highest BCUT2D eigenvalue weighted by atomic mass is 16.6. The van der Waals surface area contributed by atoms with E-state index >= 15 is 0 Å². The summed E-state index contributed by atoms with van der Waals surface area (Å²) in [6.45, 7) is 7.92. The monoisotopic (exact) mass is 1030 g/mol. The van der Waals surface area contributed by atoms with E-state index in [0.717, 1.165) is 101 Å². The smallest absolute Gasteiger partial charge is 0.119 e. The molecule has 0 radical (unpaired) electrons. The summed E-state index contributed by atoms with van der Waals surface area (Å²) in [6, 6.07) is 45.7. The molecule has 0 atom stereocenters. The lowest BCUT2D eigenvalue weighted by atomic mass is 10.0. The van der Waals surface area contributed by atoms with Gasteiger partial charge in [-0.1, -0.05) is 84.9 Å². The minimum atomic E-state index is 0.404. The lowest BCUT2D eigenvalue weighted by molar-refractivity contribution is 0.000164. The molecule has 9 rings (SSSR count). The molecule has 8 bridgehead atoms. The van der Waals surface area contributed by atoms with Crippen molar-refractivity contribution in [1.29, 1.82) is 0 Å². The highest BCUT2D eigenvalue weighted by Gasteiger charge is 2.19. The molecule has 2 N–H and O–H groups in total. The zero-order chi connectivity index (χ0) is 52.0. The van der Waals surface area contributed by atoms with Crippen LogP contribution < -0.4 is 9.47 Å². The molecule has 0 saturated carbocycles. The molecule has 4 aromatic carbocycles. The Balaban J connectivity index is 1.02. The lowest BCUT2D eigenvalue weighted by Crippen LogP contribution is -2.13. The Morgan fingerprint density at radius 2 is 0.553 bits per heavy atom. The minimum absolute atomic E-state index is 0.404. The Labute approximate surface area is 444 Å². The van der Waals surface area contributed by atoms with Crippen LogP contribution >= 0.6 is 0 Å². The summed E-state index contributed by atoms with van der Waals surface area (Å²) in [5, 5.41) is 0. The molecule has 0 unspecified atom stereocenters. The minimum Gasteiger partial charge on any atom is -0.491 e. The van der Waals surface area contributed by atoms with Crippen LogP contribution in [0.15, 0.2) is 133 Å². The average molecular weight is 1030 g/mol. The van der Waals surface area contributed by atoms with Gasteiger partial charge in [-0.2, -0.15) is 0 Å². The van der Waals surface area contributed by atoms with Crippen molar-refractivity contribution in [2.24, 2.45) is 0 Å². The molecule has 0 aliphatic carbocycles. The van der Waals surface area contributed by atoms with Crippen molar-refractivity contribution >= 4 is 46.4 Å². The van der Waals surface area contributed by atoms with Gasteiger partial charge < -0.3 is 57.3 Å². The highest BCUT2D eigenvalue weighted by Crippen LogP contribution is 2.39. The number of aromatic amines is 2. The van der Waals surface area contributed by atoms with E-state index in [0.29, 0.717) is 106 Å². The summed E-state index contributed by atoms with van der Waals surface area (Å²) in [5.41, 5.74) is 14.8. The number of H-pyrrole nitrogens is 2. The van der Waals surface area contributed by atoms with Gasteiger partial charge in [0.15, 0.2) is 0 Å². The van der Waals surface area contributed by atoms with Crippen LogP contribution in [-0.2, 0) is 37.9 Å². The van der Waals surface area contributed by atoms with Crippen LogP contribution in [0.1, 0.15) is 22.8 Å². The van der Waals surface area contributed by atoms with Crippen molar-refractivity contribution in [3.63, 3.8) is 0 Å². The van der Waals surface area contributed by atoms with Crippen molar-refractivity contribution in [2.75, 3.05) is 120 Å². The van der Waals surface area contributed by atoms with Gasteiger partial charge in [0.2, 0.25) is 0 Å². The topological polar surface area (TPSA) is 150 Å². The SMILES string of the molecule is COCCOCCOCCOCCOc1ccc(-c2c3nc(c(-c4ccccc4)c4ccc([nH]4)c(-c4ccc(OCCOCCOCCOCCOC)cc4)c4nc(c(-c5ccccc5)c5ccc2[nH]5)C=C4)C=C3)cc1. The number of fused-ring (bicyclic) bond motifs is 8. The molecule has 2 aliphatic rings. The zero-order valence-corrected chi connectivity index (χ0v) is 43.3. The third-order valence-corrected chi connectivity index (χ3v) is 12.5. The molecule has 3 aromatic heterocycles. The van der Waals surface area contributed by atoms with Gasteiger partial charge in [-0.15, -0.1) is 0 Å². The first kappa shape index (κ1) is 53.6. The van der Waals surface area contributed by atoms with Crippen LogP contribution in [0.3, 0.4) is 0 Å². The summed E-state index contributed by atoms with van der Waals surface area (Å²) < 4.78 is 55.8. The Bertz CT molecular complexity index is 2930. The number of rotatable bonds is 30. The van der Waals surface area contributed by atoms with Crippen LogP contribution in [0.2, 0.25) is 0 Å². The number of hydrogen-bond acceptors (Lipinski definition) is 12. The number of aromatic nitrogens is 4. The van der Waals surface area contributed by atoms with Crippen molar-refractivity contribution in [3.05, 3.63) is 156 Å². The quantitative estimate of drug-likeness (QED) is 0.0413. The number of ether oxygens (including phenoxy) is 10. The molecular weight excluding hydrogens is 961 g/mol. The largest absolute Gasteiger partial charge is 0.491 e. The molecule has 2 aliphatic heterocycles. The van der Waals surface area contributed by atoms with Gasteiger partial charge in [-0.05, 0) is 95.1 Å². The van der Waals surface area contributed by atoms with E-state index in [4.69, 9.17) is 57.3 Å². The second kappa shape index (κ2) is 28.6. The van der Waals surface area contributed by atoms with Crippen molar-refractivity contribution in [2.45, 2.75) is 0 Å². The van der Waals surface area contributed by atoms with Crippen molar-refractivity contribution in [3.8, 4) is 56.0 Å². The molecule has 394 valence electrons. The van der Waals surface area contributed by atoms with Crippen LogP contribution in [0, 0.1) is 0 Å². The van der Waals surface area contributed by atoms with Crippen molar-refractivity contribution in [1.82, 2.24) is 19.9 Å². The van der Waals surface area contributed by atoms with E-state index in [1.54, 1.807) is 14.2 Å². The average Bonchev–Trinajstić information content (AvgIpc) is 4.32. The Morgan fingerprint density at radius 1 is 0.289 bits per heavy atom. The molecule has 5 heterocycles. The van der Waals surface area contributed by atoms with E-state index in [2.05, 4.69) is 131 Å². The van der Waals surface area contributed by atoms with Gasteiger partial charge in [0, 0.05) is 58.5 Å². The number of methoxy groups -OCH3 is 2. The predicted octanol–water partition coefficient (Wildman–Crippen LogP) is 11.5. The second-order valence-corrected chi connectivity index (χ2v) is 17.6. The third kappa shape index (κ3) is 14.6. The number of benzene rings is 4. The van der Waals surface area contributed by atoms with Crippen molar-refractivity contribution < 1.29 is 47.4 Å². The maximum Gasteiger partial charge on any atom is 0.119 e. The molecule has 0 fully saturated rings. The molecule has 14 nitrogen and oxygen atoms in total. The lowest BCUT2D eigenvalue weighted by Gasteiger charge is -2.10. The van der Waals surface area contributed by atoms with Gasteiger partial charge in [-0.3, -0.25) is 0 Å². The Kier molecular flexibility index (Phi) is 20.2. The second-order valence-electron chi connectivity index (χ2n) is 17.6. The Morgan fingerprint density at radius 3 is 0.842 bits per heavy atom. The van der Waals surface area contributed by atoms with E-state index in [1.807, 2.05) is 36.4 Å². The number of nitrogens with zero attached hydrogens (tertiary/aromatic N) is 2. The van der Waals surface area contributed by atoms with E-state index in [-0.39, 0.29) is 0 Å². The molecule has 0 spiro atoms. The Hall–Kier alpha value is -7.24. The molecular formula is C62H66N4O10. The first-order valence-electron chi connectivity index (χ1n) is 25.8. The van der Waals surface area contributed by atoms with Crippen LogP contribution in [0.25, 0.3) is 90.9 Å². The summed E-state index contributed by atoms with van der Waals surface area (Å²) in [5.74, 6) is 1.48. The molecule has 14 heteroatoms. The van der Waals surface area contributed by atoms with Crippen LogP contribution in [0.5, 0.6) is 11.5 Å². The maximum absolute atomic E-state index is 6.12. The first-order chi connectivity index (χ1) is 37.7. The fourth-order valence-electron chi connectivity index (χ4n) is 8.87. The van der Waals surface area contributed by atoms with Gasteiger partial charge in [0.05, 0.1) is 115 Å². The normalized spacial score (nSPS) is 11.9.